The minimum Gasteiger partial charge on any atom is -0.467 e. The number of carbonyl (C=O) groups is 2. The zero-order chi connectivity index (χ0) is 19.8. The summed E-state index contributed by atoms with van der Waals surface area (Å²) in [6.07, 6.45) is 3.73. The van der Waals surface area contributed by atoms with E-state index in [-0.39, 0.29) is 30.7 Å². The van der Waals surface area contributed by atoms with E-state index in [1.165, 1.54) is 0 Å². The zero-order valence-electron chi connectivity index (χ0n) is 15.6. The first kappa shape index (κ1) is 19.8. The second kappa shape index (κ2) is 9.80. The molecule has 0 spiro atoms. The zero-order valence-corrected chi connectivity index (χ0v) is 16.4. The second-order valence-electron chi connectivity index (χ2n) is 6.18. The van der Waals surface area contributed by atoms with Crippen LogP contribution in [-0.2, 0) is 9.59 Å². The Morgan fingerprint density at radius 3 is 2.36 bits per heavy atom. The lowest BCUT2D eigenvalue weighted by Crippen LogP contribution is -2.29. The van der Waals surface area contributed by atoms with Crippen molar-refractivity contribution in [2.75, 3.05) is 11.6 Å². The summed E-state index contributed by atoms with van der Waals surface area (Å²) in [5, 5.41) is 5.83. The van der Waals surface area contributed by atoms with Gasteiger partial charge in [-0.3, -0.25) is 9.59 Å². The molecule has 0 saturated carbocycles. The summed E-state index contributed by atoms with van der Waals surface area (Å²) >= 11 is 1.56. The minimum atomic E-state index is -0.385. The number of anilines is 1. The second-order valence-corrected chi connectivity index (χ2v) is 7.02. The highest BCUT2D eigenvalue weighted by molar-refractivity contribution is 7.98. The maximum Gasteiger partial charge on any atom is 0.224 e. The van der Waals surface area contributed by atoms with Crippen molar-refractivity contribution in [2.24, 2.45) is 0 Å². The van der Waals surface area contributed by atoms with Gasteiger partial charge >= 0.3 is 0 Å². The van der Waals surface area contributed by atoms with Crippen molar-refractivity contribution in [3.8, 4) is 0 Å². The molecule has 3 aromatic rings. The molecule has 0 unspecified atom stereocenters. The molecular weight excluding hydrogens is 372 g/mol. The van der Waals surface area contributed by atoms with Crippen molar-refractivity contribution < 1.29 is 14.0 Å². The maximum atomic E-state index is 12.5. The third-order valence-electron chi connectivity index (χ3n) is 4.23. The normalized spacial score (nSPS) is 11.6. The average Bonchev–Trinajstić information content (AvgIpc) is 3.26. The molecule has 28 heavy (non-hydrogen) atoms. The van der Waals surface area contributed by atoms with Gasteiger partial charge in [-0.2, -0.15) is 0 Å². The first-order valence-corrected chi connectivity index (χ1v) is 10.2. The average molecular weight is 394 g/mol. The van der Waals surface area contributed by atoms with Crippen LogP contribution in [0.25, 0.3) is 0 Å². The molecule has 144 valence electrons. The van der Waals surface area contributed by atoms with E-state index in [1.54, 1.807) is 24.1 Å². The highest BCUT2D eigenvalue weighted by Gasteiger charge is 2.19. The molecule has 3 rings (SSSR count). The van der Waals surface area contributed by atoms with Crippen LogP contribution in [0, 0.1) is 0 Å². The molecule has 0 saturated heterocycles. The van der Waals surface area contributed by atoms with Gasteiger partial charge in [-0.25, -0.2) is 0 Å². The van der Waals surface area contributed by atoms with E-state index in [1.807, 2.05) is 66.9 Å². The summed E-state index contributed by atoms with van der Waals surface area (Å²) in [6, 6.07) is 20.4. The van der Waals surface area contributed by atoms with Crippen LogP contribution in [0.1, 0.15) is 30.2 Å². The van der Waals surface area contributed by atoms with Crippen LogP contribution in [-0.4, -0.2) is 18.1 Å². The van der Waals surface area contributed by atoms with Gasteiger partial charge in [0.25, 0.3) is 0 Å². The van der Waals surface area contributed by atoms with Gasteiger partial charge in [-0.15, -0.1) is 11.8 Å². The van der Waals surface area contributed by atoms with Gasteiger partial charge in [0, 0.05) is 17.7 Å². The molecule has 1 atom stereocenters. The maximum absolute atomic E-state index is 12.5. The van der Waals surface area contributed by atoms with Crippen molar-refractivity contribution in [1.29, 1.82) is 0 Å². The van der Waals surface area contributed by atoms with Gasteiger partial charge in [0.2, 0.25) is 11.8 Å². The van der Waals surface area contributed by atoms with Gasteiger partial charge in [-0.05, 0) is 36.1 Å². The number of benzene rings is 2. The number of hydrogen-bond acceptors (Lipinski definition) is 4. The molecular formula is C22H22N2O3S. The number of thioether (sulfide) groups is 1. The fourth-order valence-electron chi connectivity index (χ4n) is 2.84. The number of carbonyl (C=O) groups excluding carboxylic acids is 2. The number of amides is 2. The summed E-state index contributed by atoms with van der Waals surface area (Å²) in [4.78, 5) is 25.7. The molecule has 0 radical (unpaired) electrons. The van der Waals surface area contributed by atoms with Gasteiger partial charge in [-0.1, -0.05) is 42.5 Å². The Hall–Kier alpha value is -2.99. The van der Waals surface area contributed by atoms with Crippen LogP contribution in [0.5, 0.6) is 0 Å². The number of furan rings is 1. The Balaban J connectivity index is 1.58. The van der Waals surface area contributed by atoms with Crippen molar-refractivity contribution in [3.63, 3.8) is 0 Å². The molecule has 5 nitrogen and oxygen atoms in total. The molecule has 2 aromatic carbocycles. The molecule has 0 aliphatic rings. The fourth-order valence-corrected chi connectivity index (χ4v) is 3.39. The van der Waals surface area contributed by atoms with Gasteiger partial charge in [0.05, 0.1) is 12.0 Å². The summed E-state index contributed by atoms with van der Waals surface area (Å²) in [6.45, 7) is 0. The van der Waals surface area contributed by atoms with Gasteiger partial charge in [0.1, 0.15) is 11.8 Å². The SMILES string of the molecule is CSc1ccccc1NC(=O)CCC(=O)N[C@@H](c1ccccc1)c1ccco1. The van der Waals surface area contributed by atoms with E-state index in [9.17, 15) is 9.59 Å². The van der Waals surface area contributed by atoms with Crippen LogP contribution in [0.2, 0.25) is 0 Å². The molecule has 0 fully saturated rings. The summed E-state index contributed by atoms with van der Waals surface area (Å²) in [7, 11) is 0. The van der Waals surface area contributed by atoms with Crippen molar-refractivity contribution in [1.82, 2.24) is 5.32 Å². The highest BCUT2D eigenvalue weighted by Crippen LogP contribution is 2.25. The van der Waals surface area contributed by atoms with Crippen LogP contribution in [0.4, 0.5) is 5.69 Å². The first-order valence-electron chi connectivity index (χ1n) is 8.98. The molecule has 6 heteroatoms. The number of para-hydroxylation sites is 1. The Bertz CT molecular complexity index is 911. The monoisotopic (exact) mass is 394 g/mol. The van der Waals surface area contributed by atoms with Crippen LogP contribution in [0.15, 0.2) is 82.3 Å². The van der Waals surface area contributed by atoms with Crippen molar-refractivity contribution in [2.45, 2.75) is 23.8 Å². The first-order chi connectivity index (χ1) is 13.7. The van der Waals surface area contributed by atoms with Crippen LogP contribution in [0.3, 0.4) is 0 Å². The molecule has 2 N–H and O–H groups in total. The van der Waals surface area contributed by atoms with E-state index in [2.05, 4.69) is 10.6 Å². The molecule has 1 aromatic heterocycles. The number of nitrogens with one attached hydrogen (secondary N) is 2. The van der Waals surface area contributed by atoms with Crippen LogP contribution >= 0.6 is 11.8 Å². The van der Waals surface area contributed by atoms with E-state index in [0.29, 0.717) is 5.76 Å². The topological polar surface area (TPSA) is 71.3 Å². The molecule has 0 aliphatic heterocycles. The number of hydrogen-bond donors (Lipinski definition) is 2. The minimum absolute atomic E-state index is 0.0946. The third-order valence-corrected chi connectivity index (χ3v) is 5.02. The third kappa shape index (κ3) is 5.27. The summed E-state index contributed by atoms with van der Waals surface area (Å²) in [5.41, 5.74) is 1.68. The lowest BCUT2D eigenvalue weighted by atomic mass is 10.0. The van der Waals surface area contributed by atoms with E-state index in [0.717, 1.165) is 16.1 Å². The molecule has 1 heterocycles. The van der Waals surface area contributed by atoms with E-state index < -0.39 is 0 Å². The van der Waals surface area contributed by atoms with Gasteiger partial charge in [0.15, 0.2) is 0 Å². The molecule has 0 aliphatic carbocycles. The predicted octanol–water partition coefficient (Wildman–Crippen LogP) is 4.63. The Morgan fingerprint density at radius 2 is 1.64 bits per heavy atom. The lowest BCUT2D eigenvalue weighted by Gasteiger charge is -2.17. The largest absolute Gasteiger partial charge is 0.467 e. The smallest absolute Gasteiger partial charge is 0.224 e. The van der Waals surface area contributed by atoms with E-state index in [4.69, 9.17) is 4.42 Å². The molecule has 0 bridgehead atoms. The standard InChI is InChI=1S/C22H22N2O3S/c1-28-19-12-6-5-10-17(19)23-20(25)13-14-21(26)24-22(18-11-7-15-27-18)16-8-3-2-4-9-16/h2-12,15,22H,13-14H2,1H3,(H,23,25)(H,24,26)/t22-/m0/s1. The summed E-state index contributed by atoms with van der Waals surface area (Å²) < 4.78 is 5.48. The Kier molecular flexibility index (Phi) is 6.92. The predicted molar refractivity (Wildman–Crippen MR) is 111 cm³/mol. The Morgan fingerprint density at radius 1 is 0.929 bits per heavy atom. The highest BCUT2D eigenvalue weighted by atomic mass is 32.2. The lowest BCUT2D eigenvalue weighted by molar-refractivity contribution is -0.124. The van der Waals surface area contributed by atoms with Crippen molar-refractivity contribution >= 4 is 29.3 Å². The Labute approximate surface area is 168 Å². The van der Waals surface area contributed by atoms with Gasteiger partial charge < -0.3 is 15.1 Å². The number of rotatable bonds is 8. The fraction of sp³-hybridized carbons (Fsp3) is 0.182. The van der Waals surface area contributed by atoms with E-state index >= 15 is 0 Å². The molecule has 2 amide bonds. The quantitative estimate of drug-likeness (QED) is 0.547. The van der Waals surface area contributed by atoms with Crippen LogP contribution < -0.4 is 10.6 Å². The summed E-state index contributed by atoms with van der Waals surface area (Å²) in [5.74, 6) is 0.252. The van der Waals surface area contributed by atoms with Crippen molar-refractivity contribution in [3.05, 3.63) is 84.3 Å².